The first kappa shape index (κ1) is 11.7. The molecule has 0 aromatic carbocycles. The summed E-state index contributed by atoms with van der Waals surface area (Å²) in [4.78, 5) is 1.74. The topological polar surface area (TPSA) is 49.2 Å². The molecule has 1 saturated carbocycles. The van der Waals surface area contributed by atoms with Crippen LogP contribution in [-0.2, 0) is 6.18 Å². The lowest BCUT2D eigenvalue weighted by molar-refractivity contribution is -0.141. The Morgan fingerprint density at radius 1 is 1.22 bits per heavy atom. The predicted octanol–water partition coefficient (Wildman–Crippen LogP) is 1.46. The number of aromatic nitrogens is 2. The van der Waals surface area contributed by atoms with Gasteiger partial charge in [0.15, 0.2) is 11.5 Å². The quantitative estimate of drug-likeness (QED) is 0.873. The molecule has 0 unspecified atom stereocenters. The molecule has 0 amide bonds. The molecule has 98 valence electrons. The molecule has 3 rings (SSSR count). The van der Waals surface area contributed by atoms with E-state index < -0.39 is 17.5 Å². The van der Waals surface area contributed by atoms with Crippen molar-refractivity contribution in [3.63, 3.8) is 0 Å². The minimum Gasteiger partial charge on any atom is -0.386 e. The molecule has 1 aromatic rings. The Bertz CT molecular complexity index is 450. The molecule has 0 spiro atoms. The number of β-amino-alcohol motifs (C(OH)–C–C–N with tert-alkyl or cyclic N) is 1. The maximum Gasteiger partial charge on any atom is 0.435 e. The molecule has 2 heterocycles. The lowest BCUT2D eigenvalue weighted by atomic mass is 9.89. The normalized spacial score (nSPS) is 22.8. The van der Waals surface area contributed by atoms with Gasteiger partial charge in [0, 0.05) is 0 Å². The van der Waals surface area contributed by atoms with Crippen molar-refractivity contribution in [3.05, 3.63) is 17.8 Å². The molecule has 1 aromatic heterocycles. The Kier molecular flexibility index (Phi) is 2.32. The Morgan fingerprint density at radius 3 is 2.33 bits per heavy atom. The molecule has 1 N–H and O–H groups in total. The van der Waals surface area contributed by atoms with E-state index in [1.54, 1.807) is 4.90 Å². The van der Waals surface area contributed by atoms with Crippen LogP contribution in [0.25, 0.3) is 0 Å². The van der Waals surface area contributed by atoms with Crippen LogP contribution in [0.1, 0.15) is 18.5 Å². The van der Waals surface area contributed by atoms with E-state index >= 15 is 0 Å². The highest BCUT2D eigenvalue weighted by atomic mass is 19.4. The van der Waals surface area contributed by atoms with Gasteiger partial charge in [0.2, 0.25) is 0 Å². The zero-order valence-corrected chi connectivity index (χ0v) is 9.48. The first-order valence-corrected chi connectivity index (χ1v) is 5.77. The smallest absolute Gasteiger partial charge is 0.386 e. The highest BCUT2D eigenvalue weighted by Gasteiger charge is 2.52. The average molecular weight is 259 g/mol. The van der Waals surface area contributed by atoms with Crippen molar-refractivity contribution in [3.8, 4) is 0 Å². The van der Waals surface area contributed by atoms with E-state index in [4.69, 9.17) is 0 Å². The van der Waals surface area contributed by atoms with E-state index in [9.17, 15) is 18.3 Å². The second kappa shape index (κ2) is 3.57. The number of anilines is 1. The van der Waals surface area contributed by atoms with Crippen LogP contribution < -0.4 is 4.90 Å². The molecule has 1 aliphatic heterocycles. The van der Waals surface area contributed by atoms with E-state index in [2.05, 4.69) is 10.2 Å². The lowest BCUT2D eigenvalue weighted by Gasteiger charge is -2.47. The van der Waals surface area contributed by atoms with Gasteiger partial charge < -0.3 is 10.0 Å². The second-order valence-electron chi connectivity index (χ2n) is 5.01. The van der Waals surface area contributed by atoms with Crippen LogP contribution in [0.4, 0.5) is 19.0 Å². The van der Waals surface area contributed by atoms with Gasteiger partial charge in [0.25, 0.3) is 0 Å². The zero-order chi connectivity index (χ0) is 13.0. The summed E-state index contributed by atoms with van der Waals surface area (Å²) in [6.07, 6.45) is -2.40. The first-order chi connectivity index (χ1) is 8.38. The molecular weight excluding hydrogens is 247 g/mol. The van der Waals surface area contributed by atoms with Gasteiger partial charge in [0.05, 0.1) is 13.1 Å². The summed E-state index contributed by atoms with van der Waals surface area (Å²) in [6.45, 7) is 0.857. The van der Waals surface area contributed by atoms with E-state index in [0.29, 0.717) is 24.8 Å². The van der Waals surface area contributed by atoms with Crippen LogP contribution in [0.15, 0.2) is 12.1 Å². The van der Waals surface area contributed by atoms with Gasteiger partial charge in [-0.2, -0.15) is 13.2 Å². The van der Waals surface area contributed by atoms with Crippen molar-refractivity contribution in [2.75, 3.05) is 18.0 Å². The van der Waals surface area contributed by atoms with Crippen molar-refractivity contribution >= 4 is 5.82 Å². The summed E-state index contributed by atoms with van der Waals surface area (Å²) in [6, 6.07) is 2.21. The largest absolute Gasteiger partial charge is 0.435 e. The zero-order valence-electron chi connectivity index (χ0n) is 9.48. The standard InChI is InChI=1S/C11H12F3N3O/c12-11(13,14)8-3-4-9(16-15-8)17-5-10(18,6-17)7-1-2-7/h3-4,7,18H,1-2,5-6H2. The van der Waals surface area contributed by atoms with Crippen LogP contribution >= 0.6 is 0 Å². The van der Waals surface area contributed by atoms with Gasteiger partial charge in [-0.3, -0.25) is 0 Å². The number of halogens is 3. The Labute approximate surface area is 101 Å². The van der Waals surface area contributed by atoms with Gasteiger partial charge in [-0.25, -0.2) is 0 Å². The third kappa shape index (κ3) is 1.92. The van der Waals surface area contributed by atoms with Crippen LogP contribution in [0.2, 0.25) is 0 Å². The lowest BCUT2D eigenvalue weighted by Crippen LogP contribution is -2.63. The van der Waals surface area contributed by atoms with E-state index in [1.165, 1.54) is 6.07 Å². The highest BCUT2D eigenvalue weighted by molar-refractivity contribution is 5.44. The fourth-order valence-corrected chi connectivity index (χ4v) is 2.30. The third-order valence-corrected chi connectivity index (χ3v) is 3.53. The van der Waals surface area contributed by atoms with E-state index in [1.807, 2.05) is 0 Å². The molecule has 7 heteroatoms. The number of hydrogen-bond donors (Lipinski definition) is 1. The summed E-state index contributed by atoms with van der Waals surface area (Å²) >= 11 is 0. The van der Waals surface area contributed by atoms with Crippen LogP contribution in [0.5, 0.6) is 0 Å². The summed E-state index contributed by atoms with van der Waals surface area (Å²) in [5.41, 5.74) is -1.67. The van der Waals surface area contributed by atoms with Crippen LogP contribution in [0.3, 0.4) is 0 Å². The number of nitrogens with zero attached hydrogens (tertiary/aromatic N) is 3. The van der Waals surface area contributed by atoms with Crippen molar-refractivity contribution in [2.24, 2.45) is 5.92 Å². The predicted molar refractivity (Wildman–Crippen MR) is 56.9 cm³/mol. The molecule has 0 radical (unpaired) electrons. The highest BCUT2D eigenvalue weighted by Crippen LogP contribution is 2.45. The molecule has 1 aliphatic carbocycles. The van der Waals surface area contributed by atoms with E-state index in [0.717, 1.165) is 18.9 Å². The summed E-state index contributed by atoms with van der Waals surface area (Å²) in [5, 5.41) is 16.8. The average Bonchev–Trinajstić information content (AvgIpc) is 3.08. The minimum absolute atomic E-state index is 0.344. The number of rotatable bonds is 2. The molecular formula is C11H12F3N3O. The monoisotopic (exact) mass is 259 g/mol. The first-order valence-electron chi connectivity index (χ1n) is 5.77. The van der Waals surface area contributed by atoms with Gasteiger partial charge >= 0.3 is 6.18 Å². The Hall–Kier alpha value is -1.37. The van der Waals surface area contributed by atoms with Crippen molar-refractivity contribution in [2.45, 2.75) is 24.6 Å². The fraction of sp³-hybridized carbons (Fsp3) is 0.636. The molecule has 0 atom stereocenters. The SMILES string of the molecule is OC1(C2CC2)CN(c2ccc(C(F)(F)F)nn2)C1. The van der Waals surface area contributed by atoms with Gasteiger partial charge in [-0.1, -0.05) is 0 Å². The molecule has 4 nitrogen and oxygen atoms in total. The number of alkyl halides is 3. The van der Waals surface area contributed by atoms with Gasteiger partial charge in [-0.15, -0.1) is 10.2 Å². The van der Waals surface area contributed by atoms with E-state index in [-0.39, 0.29) is 0 Å². The van der Waals surface area contributed by atoms with Crippen LogP contribution in [0, 0.1) is 5.92 Å². The van der Waals surface area contributed by atoms with Crippen molar-refractivity contribution in [1.82, 2.24) is 10.2 Å². The van der Waals surface area contributed by atoms with Crippen LogP contribution in [-0.4, -0.2) is 34.0 Å². The molecule has 2 fully saturated rings. The third-order valence-electron chi connectivity index (χ3n) is 3.53. The summed E-state index contributed by atoms with van der Waals surface area (Å²) in [5.74, 6) is 0.726. The maximum atomic E-state index is 12.3. The second-order valence-corrected chi connectivity index (χ2v) is 5.01. The Balaban J connectivity index is 1.68. The molecule has 0 bridgehead atoms. The van der Waals surface area contributed by atoms with Gasteiger partial charge in [0.1, 0.15) is 5.60 Å². The minimum atomic E-state index is -4.46. The summed E-state index contributed by atoms with van der Waals surface area (Å²) in [7, 11) is 0. The Morgan fingerprint density at radius 2 is 1.89 bits per heavy atom. The molecule has 18 heavy (non-hydrogen) atoms. The van der Waals surface area contributed by atoms with Crippen molar-refractivity contribution in [1.29, 1.82) is 0 Å². The number of hydrogen-bond acceptors (Lipinski definition) is 4. The van der Waals surface area contributed by atoms with Gasteiger partial charge in [-0.05, 0) is 30.9 Å². The maximum absolute atomic E-state index is 12.3. The number of aliphatic hydroxyl groups is 1. The van der Waals surface area contributed by atoms with Crippen molar-refractivity contribution < 1.29 is 18.3 Å². The molecule has 2 aliphatic rings. The molecule has 1 saturated heterocycles. The summed E-state index contributed by atoms with van der Waals surface area (Å²) < 4.78 is 36.9. The fourth-order valence-electron chi connectivity index (χ4n) is 2.30.